The number of carbonyl (C=O) groups excluding carboxylic acids is 1. The van der Waals surface area contributed by atoms with E-state index in [4.69, 9.17) is 0 Å². The van der Waals surface area contributed by atoms with E-state index in [-0.39, 0.29) is 11.5 Å². The number of thioether (sulfide) groups is 1. The number of hydrogen-bond donors (Lipinski definition) is 1. The van der Waals surface area contributed by atoms with Gasteiger partial charge in [0, 0.05) is 17.9 Å². The van der Waals surface area contributed by atoms with Gasteiger partial charge in [0.1, 0.15) is 5.82 Å². The summed E-state index contributed by atoms with van der Waals surface area (Å²) in [5, 5.41) is 11.3. The quantitative estimate of drug-likeness (QED) is 0.898. The Balaban J connectivity index is 1.82. The average molecular weight is 264 g/mol. The van der Waals surface area contributed by atoms with Gasteiger partial charge in [-0.25, -0.2) is 4.39 Å². The maximum atomic E-state index is 13.0. The molecule has 0 aliphatic carbocycles. The second-order valence-electron chi connectivity index (χ2n) is 3.77. The molecule has 5 nitrogen and oxygen atoms in total. The summed E-state index contributed by atoms with van der Waals surface area (Å²) < 4.78 is 14.8. The Bertz CT molecular complexity index is 613. The summed E-state index contributed by atoms with van der Waals surface area (Å²) >= 11 is 1.59. The number of nitrogens with zero attached hydrogens (tertiary/aromatic N) is 3. The van der Waals surface area contributed by atoms with E-state index >= 15 is 0 Å². The van der Waals surface area contributed by atoms with Crippen LogP contribution in [0.4, 0.5) is 10.3 Å². The van der Waals surface area contributed by atoms with Crippen LogP contribution < -0.4 is 5.32 Å². The van der Waals surface area contributed by atoms with E-state index in [2.05, 4.69) is 15.5 Å². The van der Waals surface area contributed by atoms with Gasteiger partial charge in [-0.1, -0.05) is 17.8 Å². The molecule has 7 heteroatoms. The number of anilines is 1. The highest BCUT2D eigenvalue weighted by atomic mass is 32.2. The Labute approximate surface area is 106 Å². The fourth-order valence-electron chi connectivity index (χ4n) is 1.72. The lowest BCUT2D eigenvalue weighted by molar-refractivity contribution is 0.102. The van der Waals surface area contributed by atoms with E-state index in [1.54, 1.807) is 17.8 Å². The molecule has 2 aromatic rings. The third-order valence-electron chi connectivity index (χ3n) is 2.58. The van der Waals surface area contributed by atoms with Gasteiger partial charge < -0.3 is 0 Å². The van der Waals surface area contributed by atoms with Crippen molar-refractivity contribution < 1.29 is 9.18 Å². The van der Waals surface area contributed by atoms with Crippen molar-refractivity contribution in [3.63, 3.8) is 0 Å². The van der Waals surface area contributed by atoms with Gasteiger partial charge in [0.2, 0.25) is 5.95 Å². The smallest absolute Gasteiger partial charge is 0.258 e. The van der Waals surface area contributed by atoms with Gasteiger partial charge in [-0.2, -0.15) is 0 Å². The van der Waals surface area contributed by atoms with Crippen molar-refractivity contribution in [1.82, 2.24) is 14.8 Å². The van der Waals surface area contributed by atoms with E-state index in [9.17, 15) is 9.18 Å². The number of nitrogens with one attached hydrogen (secondary N) is 1. The standard InChI is InChI=1S/C11H9FN4OS/c12-8-3-1-2-7(6-8)9(17)13-10-14-15-11-16(10)4-5-18-11/h1-3,6H,4-5H2,(H,13,14,17). The van der Waals surface area contributed by atoms with Crippen LogP contribution in [0.3, 0.4) is 0 Å². The number of aromatic nitrogens is 3. The van der Waals surface area contributed by atoms with E-state index in [0.717, 1.165) is 17.5 Å². The van der Waals surface area contributed by atoms with E-state index in [1.807, 2.05) is 4.57 Å². The minimum absolute atomic E-state index is 0.262. The summed E-state index contributed by atoms with van der Waals surface area (Å²) in [6, 6.07) is 5.52. The summed E-state index contributed by atoms with van der Waals surface area (Å²) in [7, 11) is 0. The predicted molar refractivity (Wildman–Crippen MR) is 65.1 cm³/mol. The summed E-state index contributed by atoms with van der Waals surface area (Å²) in [4.78, 5) is 11.9. The van der Waals surface area contributed by atoms with Crippen LogP contribution in [-0.2, 0) is 6.54 Å². The summed E-state index contributed by atoms with van der Waals surface area (Å²) in [5.41, 5.74) is 0.262. The van der Waals surface area contributed by atoms with Crippen molar-refractivity contribution in [3.05, 3.63) is 35.6 Å². The van der Waals surface area contributed by atoms with Crippen LogP contribution >= 0.6 is 11.8 Å². The van der Waals surface area contributed by atoms with Gasteiger partial charge in [-0.3, -0.25) is 14.7 Å². The number of benzene rings is 1. The third kappa shape index (κ3) is 1.97. The Hall–Kier alpha value is -1.89. The predicted octanol–water partition coefficient (Wildman–Crippen LogP) is 1.78. The first-order valence-corrected chi connectivity index (χ1v) is 6.35. The number of rotatable bonds is 2. The fourth-order valence-corrected chi connectivity index (χ4v) is 2.61. The number of carbonyl (C=O) groups is 1. The van der Waals surface area contributed by atoms with E-state index in [1.165, 1.54) is 18.2 Å². The SMILES string of the molecule is O=C(Nc1nnc2n1CCS2)c1cccc(F)c1. The van der Waals surface area contributed by atoms with Crippen LogP contribution in [0.15, 0.2) is 29.4 Å². The van der Waals surface area contributed by atoms with Crippen LogP contribution in [0, 0.1) is 5.82 Å². The maximum Gasteiger partial charge on any atom is 0.258 e. The molecule has 1 aliphatic rings. The van der Waals surface area contributed by atoms with Gasteiger partial charge in [0.15, 0.2) is 5.16 Å². The molecule has 1 aromatic carbocycles. The van der Waals surface area contributed by atoms with Crippen LogP contribution in [0.2, 0.25) is 0 Å². The molecule has 3 rings (SSSR count). The fraction of sp³-hybridized carbons (Fsp3) is 0.182. The number of hydrogen-bond acceptors (Lipinski definition) is 4. The first-order chi connectivity index (χ1) is 8.74. The number of amides is 1. The number of halogens is 1. The van der Waals surface area contributed by atoms with Crippen LogP contribution in [-0.4, -0.2) is 26.4 Å². The van der Waals surface area contributed by atoms with Gasteiger partial charge in [-0.05, 0) is 18.2 Å². The first kappa shape index (κ1) is 11.2. The van der Waals surface area contributed by atoms with Crippen LogP contribution in [0.1, 0.15) is 10.4 Å². The summed E-state index contributed by atoms with van der Waals surface area (Å²) in [6.45, 7) is 0.770. The highest BCUT2D eigenvalue weighted by Gasteiger charge is 2.19. The topological polar surface area (TPSA) is 59.8 Å². The molecule has 0 fully saturated rings. The Kier molecular flexibility index (Phi) is 2.75. The summed E-state index contributed by atoms with van der Waals surface area (Å²) in [6.07, 6.45) is 0. The Morgan fingerprint density at radius 2 is 2.33 bits per heavy atom. The van der Waals surface area contributed by atoms with Crippen molar-refractivity contribution in [1.29, 1.82) is 0 Å². The molecular weight excluding hydrogens is 255 g/mol. The Morgan fingerprint density at radius 1 is 1.44 bits per heavy atom. The van der Waals surface area contributed by atoms with Crippen molar-refractivity contribution >= 4 is 23.6 Å². The number of fused-ring (bicyclic) bond motifs is 1. The van der Waals surface area contributed by atoms with Crippen molar-refractivity contribution in [2.75, 3.05) is 11.1 Å². The lowest BCUT2D eigenvalue weighted by Crippen LogP contribution is -2.16. The van der Waals surface area contributed by atoms with Gasteiger partial charge in [0.05, 0.1) is 0 Å². The summed E-state index contributed by atoms with van der Waals surface area (Å²) in [5.74, 6) is 0.503. The van der Waals surface area contributed by atoms with E-state index in [0.29, 0.717) is 5.95 Å². The van der Waals surface area contributed by atoms with Crippen LogP contribution in [0.5, 0.6) is 0 Å². The van der Waals surface area contributed by atoms with E-state index < -0.39 is 5.82 Å². The van der Waals surface area contributed by atoms with Gasteiger partial charge in [0.25, 0.3) is 5.91 Å². The average Bonchev–Trinajstić information content (AvgIpc) is 2.94. The lowest BCUT2D eigenvalue weighted by Gasteiger charge is -2.04. The molecule has 0 bridgehead atoms. The zero-order valence-electron chi connectivity index (χ0n) is 9.26. The second kappa shape index (κ2) is 4.41. The van der Waals surface area contributed by atoms with Crippen molar-refractivity contribution in [2.24, 2.45) is 0 Å². The molecule has 92 valence electrons. The molecule has 1 aromatic heterocycles. The Morgan fingerprint density at radius 3 is 3.17 bits per heavy atom. The molecule has 0 unspecified atom stereocenters. The van der Waals surface area contributed by atoms with Crippen molar-refractivity contribution in [2.45, 2.75) is 11.7 Å². The minimum atomic E-state index is -0.440. The molecule has 18 heavy (non-hydrogen) atoms. The molecule has 0 saturated carbocycles. The van der Waals surface area contributed by atoms with Crippen molar-refractivity contribution in [3.8, 4) is 0 Å². The highest BCUT2D eigenvalue weighted by molar-refractivity contribution is 7.99. The lowest BCUT2D eigenvalue weighted by atomic mass is 10.2. The monoisotopic (exact) mass is 264 g/mol. The second-order valence-corrected chi connectivity index (χ2v) is 4.83. The molecule has 1 N–H and O–H groups in total. The highest BCUT2D eigenvalue weighted by Crippen LogP contribution is 2.26. The largest absolute Gasteiger partial charge is 0.290 e. The normalized spacial score (nSPS) is 13.4. The van der Waals surface area contributed by atoms with Gasteiger partial charge in [-0.15, -0.1) is 10.2 Å². The molecule has 0 spiro atoms. The molecular formula is C11H9FN4OS. The molecule has 0 atom stereocenters. The first-order valence-electron chi connectivity index (χ1n) is 5.37. The zero-order valence-corrected chi connectivity index (χ0v) is 10.1. The zero-order chi connectivity index (χ0) is 12.5. The van der Waals surface area contributed by atoms with Gasteiger partial charge >= 0.3 is 0 Å². The maximum absolute atomic E-state index is 13.0. The molecule has 1 aliphatic heterocycles. The molecule has 0 saturated heterocycles. The molecule has 1 amide bonds. The molecule has 2 heterocycles. The minimum Gasteiger partial charge on any atom is -0.290 e. The molecule has 0 radical (unpaired) electrons. The van der Waals surface area contributed by atoms with Crippen LogP contribution in [0.25, 0.3) is 0 Å². The third-order valence-corrected chi connectivity index (χ3v) is 3.52.